The van der Waals surface area contributed by atoms with E-state index in [1.807, 2.05) is 18.2 Å². The van der Waals surface area contributed by atoms with E-state index >= 15 is 0 Å². The molecule has 0 unspecified atom stereocenters. The van der Waals surface area contributed by atoms with Crippen molar-refractivity contribution in [1.82, 2.24) is 0 Å². The van der Waals surface area contributed by atoms with Gasteiger partial charge in [-0.2, -0.15) is 0 Å². The summed E-state index contributed by atoms with van der Waals surface area (Å²) < 4.78 is 18.1. The summed E-state index contributed by atoms with van der Waals surface area (Å²) in [6.07, 6.45) is 0.292. The van der Waals surface area contributed by atoms with Crippen LogP contribution in [-0.4, -0.2) is 5.78 Å². The Kier molecular flexibility index (Phi) is 3.13. The van der Waals surface area contributed by atoms with Crippen molar-refractivity contribution < 1.29 is 13.9 Å². The van der Waals surface area contributed by atoms with E-state index in [4.69, 9.17) is 4.74 Å². The van der Waals surface area contributed by atoms with Gasteiger partial charge in [-0.25, -0.2) is 4.39 Å². The van der Waals surface area contributed by atoms with Gasteiger partial charge in [-0.05, 0) is 34.9 Å². The minimum absolute atomic E-state index is 0.0429. The fourth-order valence-electron chi connectivity index (χ4n) is 2.24. The van der Waals surface area contributed by atoms with Crippen molar-refractivity contribution in [3.8, 4) is 0 Å². The van der Waals surface area contributed by atoms with Crippen LogP contribution in [0.25, 0.3) is 0 Å². The molecule has 0 radical (unpaired) electrons. The molecule has 19 heavy (non-hydrogen) atoms. The number of carbonyl (C=O) groups is 1. The highest BCUT2D eigenvalue weighted by molar-refractivity contribution is 5.97. The van der Waals surface area contributed by atoms with Crippen molar-refractivity contribution in [1.29, 1.82) is 0 Å². The number of benzene rings is 2. The Morgan fingerprint density at radius 3 is 2.58 bits per heavy atom. The Morgan fingerprint density at radius 2 is 1.79 bits per heavy atom. The summed E-state index contributed by atoms with van der Waals surface area (Å²) in [7, 11) is 0. The number of ether oxygens (including phenoxy) is 1. The van der Waals surface area contributed by atoms with Gasteiger partial charge in [0, 0.05) is 12.0 Å². The normalized spacial score (nSPS) is 13.3. The average Bonchev–Trinajstić information content (AvgIpc) is 2.88. The highest BCUT2D eigenvalue weighted by atomic mass is 19.1. The quantitative estimate of drug-likeness (QED) is 0.788. The minimum atomic E-state index is -0.286. The molecule has 0 atom stereocenters. The van der Waals surface area contributed by atoms with Crippen LogP contribution in [0.5, 0.6) is 0 Å². The molecular formula is C16H13FO2. The molecule has 2 aromatic rings. The van der Waals surface area contributed by atoms with Crippen molar-refractivity contribution >= 4 is 5.78 Å². The number of hydrogen-bond acceptors (Lipinski definition) is 2. The third-order valence-corrected chi connectivity index (χ3v) is 3.32. The Bertz CT molecular complexity index is 617. The molecule has 1 heterocycles. The van der Waals surface area contributed by atoms with E-state index in [1.165, 1.54) is 12.1 Å². The van der Waals surface area contributed by atoms with Crippen molar-refractivity contribution in [2.45, 2.75) is 19.6 Å². The summed E-state index contributed by atoms with van der Waals surface area (Å²) in [6, 6.07) is 11.7. The summed E-state index contributed by atoms with van der Waals surface area (Å²) in [5, 5.41) is 0. The number of Topliss-reactive ketones (excluding diaryl/α,β-unsaturated/α-hetero) is 1. The molecule has 0 aliphatic carbocycles. The van der Waals surface area contributed by atoms with E-state index in [1.54, 1.807) is 12.1 Å². The molecule has 0 saturated carbocycles. The fraction of sp³-hybridized carbons (Fsp3) is 0.188. The molecule has 3 rings (SSSR count). The van der Waals surface area contributed by atoms with Crippen LogP contribution in [0.2, 0.25) is 0 Å². The third kappa shape index (κ3) is 2.56. The van der Waals surface area contributed by atoms with Crippen LogP contribution in [0.15, 0.2) is 42.5 Å². The first-order valence-corrected chi connectivity index (χ1v) is 6.19. The molecule has 3 heteroatoms. The predicted octanol–water partition coefficient (Wildman–Crippen LogP) is 3.28. The summed E-state index contributed by atoms with van der Waals surface area (Å²) in [6.45, 7) is 1.20. The first kappa shape index (κ1) is 12.1. The Balaban J connectivity index is 1.78. The van der Waals surface area contributed by atoms with E-state index in [0.29, 0.717) is 25.2 Å². The lowest BCUT2D eigenvalue weighted by Crippen LogP contribution is -2.04. The molecule has 0 N–H and O–H groups in total. The average molecular weight is 256 g/mol. The van der Waals surface area contributed by atoms with Gasteiger partial charge in [-0.1, -0.05) is 24.3 Å². The van der Waals surface area contributed by atoms with Crippen LogP contribution >= 0.6 is 0 Å². The summed E-state index contributed by atoms with van der Waals surface area (Å²) in [5.41, 5.74) is 3.75. The molecular weight excluding hydrogens is 243 g/mol. The number of carbonyl (C=O) groups excluding carboxylic acids is 1. The molecule has 0 aromatic heterocycles. The highest BCUT2D eigenvalue weighted by Gasteiger charge is 2.14. The smallest absolute Gasteiger partial charge is 0.167 e. The lowest BCUT2D eigenvalue weighted by atomic mass is 9.99. The number of halogens is 1. The Hall–Kier alpha value is -2.00. The molecule has 0 amide bonds. The molecule has 1 aliphatic heterocycles. The molecule has 0 bridgehead atoms. The van der Waals surface area contributed by atoms with Crippen LogP contribution in [-0.2, 0) is 24.4 Å². The zero-order chi connectivity index (χ0) is 13.2. The van der Waals surface area contributed by atoms with Gasteiger partial charge in [0.05, 0.1) is 13.2 Å². The number of rotatable bonds is 3. The lowest BCUT2D eigenvalue weighted by Gasteiger charge is -2.04. The molecule has 2 aromatic carbocycles. The second-order valence-electron chi connectivity index (χ2n) is 4.70. The van der Waals surface area contributed by atoms with Crippen molar-refractivity contribution in [3.05, 3.63) is 70.5 Å². The molecule has 0 spiro atoms. The zero-order valence-corrected chi connectivity index (χ0v) is 10.4. The number of hydrogen-bond donors (Lipinski definition) is 0. The zero-order valence-electron chi connectivity index (χ0n) is 10.4. The van der Waals surface area contributed by atoms with Gasteiger partial charge in [-0.3, -0.25) is 4.79 Å². The van der Waals surface area contributed by atoms with Gasteiger partial charge in [0.1, 0.15) is 5.82 Å². The van der Waals surface area contributed by atoms with E-state index < -0.39 is 0 Å². The van der Waals surface area contributed by atoms with E-state index in [0.717, 1.165) is 16.7 Å². The molecule has 96 valence electrons. The fourth-order valence-corrected chi connectivity index (χ4v) is 2.24. The van der Waals surface area contributed by atoms with Crippen LogP contribution in [0.4, 0.5) is 4.39 Å². The van der Waals surface area contributed by atoms with Crippen molar-refractivity contribution in [3.63, 3.8) is 0 Å². The molecule has 2 nitrogen and oxygen atoms in total. The van der Waals surface area contributed by atoms with Gasteiger partial charge in [-0.15, -0.1) is 0 Å². The first-order valence-electron chi connectivity index (χ1n) is 6.19. The summed E-state index contributed by atoms with van der Waals surface area (Å²) in [4.78, 5) is 12.2. The SMILES string of the molecule is O=C(Cc1ccc(F)cc1)c1ccc2c(c1)COC2. The van der Waals surface area contributed by atoms with Gasteiger partial charge in [0.15, 0.2) is 5.78 Å². The van der Waals surface area contributed by atoms with E-state index in [-0.39, 0.29) is 11.6 Å². The second-order valence-corrected chi connectivity index (χ2v) is 4.70. The van der Waals surface area contributed by atoms with Crippen LogP contribution in [0.1, 0.15) is 27.0 Å². The maximum Gasteiger partial charge on any atom is 0.167 e. The standard InChI is InChI=1S/C16H13FO2/c17-15-5-1-11(2-6-15)7-16(18)12-3-4-13-9-19-10-14(13)8-12/h1-6,8H,7,9-10H2. The van der Waals surface area contributed by atoms with E-state index in [2.05, 4.69) is 0 Å². The lowest BCUT2D eigenvalue weighted by molar-refractivity contribution is 0.0992. The number of fused-ring (bicyclic) bond motifs is 1. The Labute approximate surface area is 110 Å². The van der Waals surface area contributed by atoms with Crippen molar-refractivity contribution in [2.75, 3.05) is 0 Å². The van der Waals surface area contributed by atoms with Gasteiger partial charge in [0.2, 0.25) is 0 Å². The van der Waals surface area contributed by atoms with Crippen LogP contribution in [0.3, 0.4) is 0 Å². The Morgan fingerprint density at radius 1 is 1.05 bits per heavy atom. The van der Waals surface area contributed by atoms with Gasteiger partial charge in [0.25, 0.3) is 0 Å². The van der Waals surface area contributed by atoms with Crippen LogP contribution in [0, 0.1) is 5.82 Å². The first-order chi connectivity index (χ1) is 9.22. The maximum atomic E-state index is 12.8. The minimum Gasteiger partial charge on any atom is -0.372 e. The van der Waals surface area contributed by atoms with Gasteiger partial charge < -0.3 is 4.74 Å². The molecule has 1 aliphatic rings. The van der Waals surface area contributed by atoms with Crippen molar-refractivity contribution in [2.24, 2.45) is 0 Å². The third-order valence-electron chi connectivity index (χ3n) is 3.32. The topological polar surface area (TPSA) is 26.3 Å². The van der Waals surface area contributed by atoms with Gasteiger partial charge >= 0.3 is 0 Å². The number of ketones is 1. The van der Waals surface area contributed by atoms with Crippen LogP contribution < -0.4 is 0 Å². The monoisotopic (exact) mass is 256 g/mol. The summed E-state index contributed by atoms with van der Waals surface area (Å²) in [5.74, 6) is -0.243. The van der Waals surface area contributed by atoms with E-state index in [9.17, 15) is 9.18 Å². The second kappa shape index (κ2) is 4.94. The summed E-state index contributed by atoms with van der Waals surface area (Å²) >= 11 is 0. The maximum absolute atomic E-state index is 12.8. The predicted molar refractivity (Wildman–Crippen MR) is 69.4 cm³/mol. The molecule has 0 saturated heterocycles. The largest absolute Gasteiger partial charge is 0.372 e. The highest BCUT2D eigenvalue weighted by Crippen LogP contribution is 2.21. The molecule has 0 fully saturated rings.